The van der Waals surface area contributed by atoms with E-state index in [0.717, 1.165) is 0 Å². The largest absolute Gasteiger partial charge is 0.496 e. The molecule has 0 bridgehead atoms. The van der Waals surface area contributed by atoms with Crippen molar-refractivity contribution in [2.24, 2.45) is 0 Å². The van der Waals surface area contributed by atoms with E-state index in [1.54, 1.807) is 18.2 Å². The SMILES string of the molecule is COc1ccc(C(=O)NC(=S)Nc2ccc(S(=O)(=O)Nc3nccnc3OC)cc2)cc1Br. The number of ether oxygens (including phenoxy) is 2. The fourth-order valence-electron chi connectivity index (χ4n) is 2.59. The summed E-state index contributed by atoms with van der Waals surface area (Å²) in [4.78, 5) is 20.2. The Morgan fingerprint density at radius 3 is 2.36 bits per heavy atom. The summed E-state index contributed by atoms with van der Waals surface area (Å²) >= 11 is 8.50. The number of nitrogens with one attached hydrogen (secondary N) is 3. The molecular formula is C20H18BrN5O5S2. The van der Waals surface area contributed by atoms with Crippen LogP contribution in [0.1, 0.15) is 10.4 Å². The van der Waals surface area contributed by atoms with E-state index in [1.165, 1.54) is 50.9 Å². The van der Waals surface area contributed by atoms with Crippen LogP contribution in [0.4, 0.5) is 11.5 Å². The molecule has 0 unspecified atom stereocenters. The third-order valence-electron chi connectivity index (χ3n) is 4.15. The second-order valence-electron chi connectivity index (χ2n) is 6.30. The summed E-state index contributed by atoms with van der Waals surface area (Å²) in [5.41, 5.74) is 0.853. The van der Waals surface area contributed by atoms with Crippen molar-refractivity contribution >= 4 is 60.7 Å². The van der Waals surface area contributed by atoms with Crippen molar-refractivity contribution < 1.29 is 22.7 Å². The van der Waals surface area contributed by atoms with E-state index < -0.39 is 15.9 Å². The molecule has 0 aliphatic rings. The predicted molar refractivity (Wildman–Crippen MR) is 130 cm³/mol. The average molecular weight is 552 g/mol. The average Bonchev–Trinajstić information content (AvgIpc) is 2.79. The lowest BCUT2D eigenvalue weighted by Gasteiger charge is -2.12. The second kappa shape index (κ2) is 10.6. The Morgan fingerprint density at radius 2 is 1.73 bits per heavy atom. The van der Waals surface area contributed by atoms with Crippen LogP contribution in [-0.4, -0.2) is 43.6 Å². The van der Waals surface area contributed by atoms with E-state index in [9.17, 15) is 13.2 Å². The Bertz CT molecular complexity index is 1290. The Hall–Kier alpha value is -3.29. The molecule has 0 spiro atoms. The first-order valence-corrected chi connectivity index (χ1v) is 11.9. The first-order chi connectivity index (χ1) is 15.7. The van der Waals surface area contributed by atoms with Crippen molar-refractivity contribution in [2.75, 3.05) is 24.3 Å². The molecule has 0 saturated heterocycles. The van der Waals surface area contributed by atoms with E-state index in [-0.39, 0.29) is 21.7 Å². The fraction of sp³-hybridized carbons (Fsp3) is 0.100. The van der Waals surface area contributed by atoms with Crippen molar-refractivity contribution in [3.05, 3.63) is 64.9 Å². The number of nitrogens with zero attached hydrogens (tertiary/aromatic N) is 2. The number of carbonyl (C=O) groups is 1. The van der Waals surface area contributed by atoms with Crippen LogP contribution in [0.25, 0.3) is 0 Å². The van der Waals surface area contributed by atoms with Crippen LogP contribution >= 0.6 is 28.1 Å². The molecule has 10 nitrogen and oxygen atoms in total. The van der Waals surface area contributed by atoms with E-state index in [0.29, 0.717) is 21.5 Å². The van der Waals surface area contributed by atoms with Crippen LogP contribution < -0.4 is 24.8 Å². The molecule has 3 aromatic rings. The number of methoxy groups -OCH3 is 2. The number of halogens is 1. The normalized spacial score (nSPS) is 10.8. The van der Waals surface area contributed by atoms with Gasteiger partial charge in [0, 0.05) is 23.6 Å². The lowest BCUT2D eigenvalue weighted by molar-refractivity contribution is 0.0977. The maximum Gasteiger partial charge on any atom is 0.263 e. The number of rotatable bonds is 7. The van der Waals surface area contributed by atoms with Crippen molar-refractivity contribution in [3.8, 4) is 11.6 Å². The molecule has 33 heavy (non-hydrogen) atoms. The standard InChI is InChI=1S/C20H18BrN5O5S2/c1-30-16-8-3-12(11-15(16)21)18(27)25-20(32)24-13-4-6-14(7-5-13)33(28,29)26-17-19(31-2)23-10-9-22-17/h3-11H,1-2H3,(H,22,26)(H2,24,25,27,32). The number of sulfonamides is 1. The molecule has 0 saturated carbocycles. The molecule has 3 rings (SSSR count). The van der Waals surface area contributed by atoms with Crippen LogP contribution in [0.5, 0.6) is 11.6 Å². The highest BCUT2D eigenvalue weighted by atomic mass is 79.9. The summed E-state index contributed by atoms with van der Waals surface area (Å²) in [6, 6.07) is 10.6. The molecule has 3 N–H and O–H groups in total. The molecule has 0 aliphatic carbocycles. The van der Waals surface area contributed by atoms with Gasteiger partial charge in [0.2, 0.25) is 5.82 Å². The van der Waals surface area contributed by atoms with E-state index in [4.69, 9.17) is 21.7 Å². The molecule has 1 heterocycles. The van der Waals surface area contributed by atoms with Crippen LogP contribution in [0.15, 0.2) is 64.2 Å². The van der Waals surface area contributed by atoms with Gasteiger partial charge in [-0.3, -0.25) is 14.8 Å². The van der Waals surface area contributed by atoms with Crippen molar-refractivity contribution in [2.45, 2.75) is 4.90 Å². The van der Waals surface area contributed by atoms with Gasteiger partial charge in [-0.2, -0.15) is 0 Å². The van der Waals surface area contributed by atoms with Gasteiger partial charge >= 0.3 is 0 Å². The number of anilines is 2. The van der Waals surface area contributed by atoms with Crippen LogP contribution in [0.3, 0.4) is 0 Å². The number of hydrogen-bond acceptors (Lipinski definition) is 8. The number of hydrogen-bond donors (Lipinski definition) is 3. The number of thiocarbonyl (C=S) groups is 1. The van der Waals surface area contributed by atoms with Gasteiger partial charge in [-0.05, 0) is 70.6 Å². The summed E-state index contributed by atoms with van der Waals surface area (Å²) in [5, 5.41) is 5.44. The quantitative estimate of drug-likeness (QED) is 0.378. The highest BCUT2D eigenvalue weighted by Crippen LogP contribution is 2.25. The summed E-state index contributed by atoms with van der Waals surface area (Å²) in [6.45, 7) is 0. The zero-order chi connectivity index (χ0) is 24.0. The van der Waals surface area contributed by atoms with Gasteiger partial charge in [-0.1, -0.05) is 0 Å². The maximum atomic E-state index is 12.6. The van der Waals surface area contributed by atoms with Crippen LogP contribution in [0.2, 0.25) is 0 Å². The van der Waals surface area contributed by atoms with Gasteiger partial charge in [0.1, 0.15) is 5.75 Å². The first kappa shape index (κ1) is 24.4. The zero-order valence-electron chi connectivity index (χ0n) is 17.3. The van der Waals surface area contributed by atoms with Gasteiger partial charge in [0.05, 0.1) is 23.6 Å². The zero-order valence-corrected chi connectivity index (χ0v) is 20.5. The molecule has 0 atom stereocenters. The van der Waals surface area contributed by atoms with Crippen LogP contribution in [-0.2, 0) is 10.0 Å². The molecule has 2 aromatic carbocycles. The minimum atomic E-state index is -3.93. The summed E-state index contributed by atoms with van der Waals surface area (Å²) < 4.78 is 38.4. The minimum Gasteiger partial charge on any atom is -0.496 e. The Balaban J connectivity index is 1.64. The third kappa shape index (κ3) is 6.15. The lowest BCUT2D eigenvalue weighted by Crippen LogP contribution is -2.34. The highest BCUT2D eigenvalue weighted by Gasteiger charge is 2.18. The van der Waals surface area contributed by atoms with Crippen LogP contribution in [0, 0.1) is 0 Å². The second-order valence-corrected chi connectivity index (χ2v) is 9.25. The molecule has 0 fully saturated rings. The van der Waals surface area contributed by atoms with Crippen molar-refractivity contribution in [1.29, 1.82) is 0 Å². The van der Waals surface area contributed by atoms with E-state index in [1.807, 2.05) is 0 Å². The molecule has 1 amide bonds. The lowest BCUT2D eigenvalue weighted by atomic mass is 10.2. The molecule has 0 aliphatic heterocycles. The number of carbonyl (C=O) groups excluding carboxylic acids is 1. The van der Waals surface area contributed by atoms with Crippen molar-refractivity contribution in [3.63, 3.8) is 0 Å². The predicted octanol–water partition coefficient (Wildman–Crippen LogP) is 3.18. The van der Waals surface area contributed by atoms with E-state index >= 15 is 0 Å². The van der Waals surface area contributed by atoms with Gasteiger partial charge in [0.15, 0.2) is 5.11 Å². The van der Waals surface area contributed by atoms with Gasteiger partial charge < -0.3 is 14.8 Å². The Morgan fingerprint density at radius 1 is 1.03 bits per heavy atom. The first-order valence-electron chi connectivity index (χ1n) is 9.17. The van der Waals surface area contributed by atoms with Gasteiger partial charge in [-0.15, -0.1) is 0 Å². The summed E-state index contributed by atoms with van der Waals surface area (Å²) in [7, 11) is -1.05. The van der Waals surface area contributed by atoms with Crippen molar-refractivity contribution in [1.82, 2.24) is 15.3 Å². The molecule has 0 radical (unpaired) electrons. The maximum absolute atomic E-state index is 12.6. The number of aromatic nitrogens is 2. The molecule has 1 aromatic heterocycles. The van der Waals surface area contributed by atoms with E-state index in [2.05, 4.69) is 41.3 Å². The van der Waals surface area contributed by atoms with Gasteiger partial charge in [-0.25, -0.2) is 18.4 Å². The topological polar surface area (TPSA) is 132 Å². The Labute approximate surface area is 203 Å². The number of benzene rings is 2. The monoisotopic (exact) mass is 551 g/mol. The Kier molecular flexibility index (Phi) is 7.79. The molecular weight excluding hydrogens is 534 g/mol. The summed E-state index contributed by atoms with van der Waals surface area (Å²) in [5.74, 6) is 0.187. The smallest absolute Gasteiger partial charge is 0.263 e. The molecule has 13 heteroatoms. The molecule has 172 valence electrons. The minimum absolute atomic E-state index is 0.0150. The van der Waals surface area contributed by atoms with Gasteiger partial charge in [0.25, 0.3) is 21.8 Å². The number of amides is 1. The summed E-state index contributed by atoms with van der Waals surface area (Å²) in [6.07, 6.45) is 2.72. The fourth-order valence-corrected chi connectivity index (χ4v) is 4.35. The highest BCUT2D eigenvalue weighted by molar-refractivity contribution is 9.10. The third-order valence-corrected chi connectivity index (χ3v) is 6.33.